The van der Waals surface area contributed by atoms with Gasteiger partial charge in [0, 0.05) is 0 Å². The van der Waals surface area contributed by atoms with E-state index in [9.17, 15) is 5.26 Å². The summed E-state index contributed by atoms with van der Waals surface area (Å²) in [5.41, 5.74) is 0. The fourth-order valence-corrected chi connectivity index (χ4v) is 14.9. The van der Waals surface area contributed by atoms with Crippen LogP contribution in [0.25, 0.3) is 0 Å². The molecule has 0 atom stereocenters. The molecule has 0 radical (unpaired) electrons. The Morgan fingerprint density at radius 1 is 0.591 bits per heavy atom. The van der Waals surface area contributed by atoms with Gasteiger partial charge in [0.25, 0.3) is 0 Å². The SMILES string of the molecule is N#C[CH2][Sn]([c]1ccccc1)([c]1ccccc1)[c]1ccccc1. The van der Waals surface area contributed by atoms with Gasteiger partial charge in [-0.05, 0) is 0 Å². The topological polar surface area (TPSA) is 23.8 Å². The fourth-order valence-electron chi connectivity index (χ4n) is 3.09. The maximum atomic E-state index is 9.59. The first-order valence-electron chi connectivity index (χ1n) is 7.41. The van der Waals surface area contributed by atoms with Crippen LogP contribution in [0.1, 0.15) is 0 Å². The summed E-state index contributed by atoms with van der Waals surface area (Å²) >= 11 is -3.23. The Morgan fingerprint density at radius 3 is 1.18 bits per heavy atom. The molecule has 3 aromatic rings. The van der Waals surface area contributed by atoms with Crippen LogP contribution in [0.2, 0.25) is 4.44 Å². The van der Waals surface area contributed by atoms with Crippen molar-refractivity contribution in [3.63, 3.8) is 0 Å². The molecule has 106 valence electrons. The molecule has 3 rings (SSSR count). The Bertz CT molecular complexity index is 664. The number of hydrogen-bond acceptors (Lipinski definition) is 1. The summed E-state index contributed by atoms with van der Waals surface area (Å²) in [6, 6.07) is 34.4. The van der Waals surface area contributed by atoms with Crippen molar-refractivity contribution >= 4 is 29.1 Å². The Labute approximate surface area is 135 Å². The summed E-state index contributed by atoms with van der Waals surface area (Å²) in [7, 11) is 0. The second-order valence-electron chi connectivity index (χ2n) is 5.34. The second kappa shape index (κ2) is 6.81. The zero-order valence-electron chi connectivity index (χ0n) is 12.3. The summed E-state index contributed by atoms with van der Waals surface area (Å²) in [6.07, 6.45) is 0. The second-order valence-corrected chi connectivity index (χ2v) is 16.5. The van der Waals surface area contributed by atoms with Crippen molar-refractivity contribution in [2.75, 3.05) is 0 Å². The molecule has 0 saturated heterocycles. The van der Waals surface area contributed by atoms with Gasteiger partial charge < -0.3 is 0 Å². The van der Waals surface area contributed by atoms with Gasteiger partial charge in [-0.1, -0.05) is 0 Å². The quantitative estimate of drug-likeness (QED) is 0.629. The number of nitrogens with zero attached hydrogens (tertiary/aromatic N) is 1. The molecule has 0 spiro atoms. The van der Waals surface area contributed by atoms with E-state index in [4.69, 9.17) is 0 Å². The summed E-state index contributed by atoms with van der Waals surface area (Å²) in [4.78, 5) is 0. The molecule has 0 amide bonds. The Hall–Kier alpha value is -2.05. The molecular formula is C20H17NSn. The molecular weight excluding hydrogens is 373 g/mol. The molecule has 0 N–H and O–H groups in total. The van der Waals surface area contributed by atoms with Crippen LogP contribution >= 0.6 is 0 Å². The van der Waals surface area contributed by atoms with E-state index >= 15 is 0 Å². The minimum atomic E-state index is -3.23. The third kappa shape index (κ3) is 2.67. The van der Waals surface area contributed by atoms with Gasteiger partial charge >= 0.3 is 136 Å². The van der Waals surface area contributed by atoms with E-state index in [1.54, 1.807) is 0 Å². The van der Waals surface area contributed by atoms with Crippen LogP contribution in [0.15, 0.2) is 91.0 Å². The van der Waals surface area contributed by atoms with Crippen LogP contribution in [-0.4, -0.2) is 18.4 Å². The molecule has 0 saturated carbocycles. The number of rotatable bonds is 4. The Balaban J connectivity index is 2.32. The van der Waals surface area contributed by atoms with E-state index in [0.29, 0.717) is 4.44 Å². The predicted molar refractivity (Wildman–Crippen MR) is 94.4 cm³/mol. The van der Waals surface area contributed by atoms with E-state index in [2.05, 4.69) is 78.9 Å². The first-order valence-corrected chi connectivity index (χ1v) is 13.7. The number of benzene rings is 3. The molecule has 2 heteroatoms. The molecule has 3 aromatic carbocycles. The third-order valence-corrected chi connectivity index (χ3v) is 17.4. The van der Waals surface area contributed by atoms with Crippen molar-refractivity contribution in [1.82, 2.24) is 0 Å². The fraction of sp³-hybridized carbons (Fsp3) is 0.0500. The van der Waals surface area contributed by atoms with E-state index in [0.717, 1.165) is 0 Å². The Kier molecular flexibility index (Phi) is 4.60. The van der Waals surface area contributed by atoms with Crippen molar-refractivity contribution in [2.24, 2.45) is 0 Å². The third-order valence-electron chi connectivity index (χ3n) is 4.14. The number of nitriles is 1. The molecule has 0 heterocycles. The van der Waals surface area contributed by atoms with Crippen molar-refractivity contribution in [3.8, 4) is 6.07 Å². The van der Waals surface area contributed by atoms with Crippen LogP contribution in [0.5, 0.6) is 0 Å². The molecule has 0 unspecified atom stereocenters. The summed E-state index contributed by atoms with van der Waals surface area (Å²) in [6.45, 7) is 0. The zero-order valence-corrected chi connectivity index (χ0v) is 15.2. The van der Waals surface area contributed by atoms with E-state index < -0.39 is 18.4 Å². The minimum absolute atomic E-state index is 0.618. The molecule has 0 aliphatic rings. The van der Waals surface area contributed by atoms with Crippen LogP contribution in [-0.2, 0) is 0 Å². The van der Waals surface area contributed by atoms with Crippen molar-refractivity contribution in [2.45, 2.75) is 4.44 Å². The van der Waals surface area contributed by atoms with Gasteiger partial charge in [0.15, 0.2) is 0 Å². The zero-order chi connectivity index (χ0) is 15.3. The molecule has 0 bridgehead atoms. The first-order chi connectivity index (χ1) is 10.9. The predicted octanol–water partition coefficient (Wildman–Crippen LogP) is 2.68. The number of hydrogen-bond donors (Lipinski definition) is 0. The summed E-state index contributed by atoms with van der Waals surface area (Å²) in [5.74, 6) is 0. The van der Waals surface area contributed by atoms with Gasteiger partial charge in [-0.15, -0.1) is 0 Å². The summed E-state index contributed by atoms with van der Waals surface area (Å²) in [5, 5.41) is 9.59. The average molecular weight is 390 g/mol. The monoisotopic (exact) mass is 391 g/mol. The molecule has 0 fully saturated rings. The van der Waals surface area contributed by atoms with Gasteiger partial charge in [0.1, 0.15) is 0 Å². The van der Waals surface area contributed by atoms with Gasteiger partial charge in [0.05, 0.1) is 0 Å². The molecule has 0 aromatic heterocycles. The summed E-state index contributed by atoms with van der Waals surface area (Å²) < 4.78 is 4.69. The van der Waals surface area contributed by atoms with Crippen LogP contribution in [0, 0.1) is 11.3 Å². The van der Waals surface area contributed by atoms with Crippen LogP contribution in [0.3, 0.4) is 0 Å². The van der Waals surface area contributed by atoms with Gasteiger partial charge in [-0.3, -0.25) is 0 Å². The molecule has 1 nitrogen and oxygen atoms in total. The van der Waals surface area contributed by atoms with E-state index in [-0.39, 0.29) is 0 Å². The van der Waals surface area contributed by atoms with E-state index in [1.165, 1.54) is 10.7 Å². The molecule has 0 aliphatic heterocycles. The van der Waals surface area contributed by atoms with Crippen molar-refractivity contribution in [1.29, 1.82) is 5.26 Å². The van der Waals surface area contributed by atoms with Crippen molar-refractivity contribution in [3.05, 3.63) is 91.0 Å². The van der Waals surface area contributed by atoms with Gasteiger partial charge in [-0.25, -0.2) is 0 Å². The van der Waals surface area contributed by atoms with Crippen LogP contribution < -0.4 is 10.7 Å². The maximum absolute atomic E-state index is 9.59. The van der Waals surface area contributed by atoms with Gasteiger partial charge in [0.2, 0.25) is 0 Å². The average Bonchev–Trinajstić information content (AvgIpc) is 2.62. The molecule has 22 heavy (non-hydrogen) atoms. The normalized spacial score (nSPS) is 10.9. The molecule has 0 aliphatic carbocycles. The Morgan fingerprint density at radius 2 is 0.909 bits per heavy atom. The standard InChI is InChI=1S/3C6H5.C2H2N.Sn/c3*1-2-4-6-5-3-1;1-2-3;/h3*1-5H;1H2;. The van der Waals surface area contributed by atoms with E-state index in [1.807, 2.05) is 18.2 Å². The van der Waals surface area contributed by atoms with Gasteiger partial charge in [-0.2, -0.15) is 0 Å². The van der Waals surface area contributed by atoms with Crippen molar-refractivity contribution < 1.29 is 0 Å². The first kappa shape index (κ1) is 14.9. The van der Waals surface area contributed by atoms with Crippen LogP contribution in [0.4, 0.5) is 0 Å².